The lowest BCUT2D eigenvalue weighted by Crippen LogP contribution is -2.25. The fraction of sp³-hybridized carbons (Fsp3) is 0.600. The molecular weight excluding hydrogens is 276 g/mol. The number of nitrogens with one attached hydrogen (secondary N) is 2. The summed E-state index contributed by atoms with van der Waals surface area (Å²) in [5.74, 6) is 0.902. The van der Waals surface area contributed by atoms with Crippen LogP contribution in [0.25, 0.3) is 0 Å². The van der Waals surface area contributed by atoms with Crippen molar-refractivity contribution in [3.05, 3.63) is 11.2 Å². The number of hydrogen-bond donors (Lipinski definition) is 2. The zero-order valence-corrected chi connectivity index (χ0v) is 12.1. The Morgan fingerprint density at radius 2 is 2.17 bits per heavy atom. The van der Waals surface area contributed by atoms with Gasteiger partial charge in [0.1, 0.15) is 14.9 Å². The van der Waals surface area contributed by atoms with Crippen molar-refractivity contribution in [1.29, 1.82) is 0 Å². The molecule has 0 aliphatic rings. The fourth-order valence-electron chi connectivity index (χ4n) is 1.44. The van der Waals surface area contributed by atoms with Gasteiger partial charge in [0.25, 0.3) is 0 Å². The molecule has 0 saturated heterocycles. The minimum Gasteiger partial charge on any atom is -0.365 e. The van der Waals surface area contributed by atoms with E-state index in [9.17, 15) is 8.42 Å². The molecule has 2 N–H and O–H groups in total. The zero-order chi connectivity index (χ0) is 13.8. The van der Waals surface area contributed by atoms with Crippen molar-refractivity contribution in [3.8, 4) is 0 Å². The molecule has 0 aromatic carbocycles. The van der Waals surface area contributed by atoms with Gasteiger partial charge in [-0.15, -0.1) is 0 Å². The van der Waals surface area contributed by atoms with Crippen LogP contribution in [0.15, 0.2) is 6.20 Å². The van der Waals surface area contributed by atoms with Crippen LogP contribution in [-0.2, 0) is 9.84 Å². The molecule has 8 heteroatoms. The maximum atomic E-state index is 11.2. The second-order valence-corrected chi connectivity index (χ2v) is 6.65. The Morgan fingerprint density at radius 1 is 1.50 bits per heavy atom. The molecule has 1 rings (SSSR count). The molecule has 1 unspecified atom stereocenters. The molecule has 0 spiro atoms. The molecule has 0 fully saturated rings. The van der Waals surface area contributed by atoms with E-state index in [1.807, 2.05) is 6.92 Å². The fourth-order valence-corrected chi connectivity index (χ4v) is 2.58. The summed E-state index contributed by atoms with van der Waals surface area (Å²) in [7, 11) is -3.04. The normalized spacial score (nSPS) is 13.1. The van der Waals surface area contributed by atoms with E-state index in [-0.39, 0.29) is 11.8 Å². The molecule has 102 valence electrons. The zero-order valence-electron chi connectivity index (χ0n) is 10.6. The van der Waals surface area contributed by atoms with Crippen molar-refractivity contribution in [3.63, 3.8) is 0 Å². The Balaban J connectivity index is 2.79. The minimum absolute atomic E-state index is 0.0177. The van der Waals surface area contributed by atoms with E-state index in [1.54, 1.807) is 6.92 Å². The van der Waals surface area contributed by atoms with E-state index in [0.29, 0.717) is 23.3 Å². The smallest absolute Gasteiger partial charge is 0.224 e. The molecule has 6 nitrogen and oxygen atoms in total. The lowest BCUT2D eigenvalue weighted by atomic mass is 10.4. The van der Waals surface area contributed by atoms with Gasteiger partial charge in [0, 0.05) is 18.8 Å². The third kappa shape index (κ3) is 5.05. The molecule has 0 bridgehead atoms. The summed E-state index contributed by atoms with van der Waals surface area (Å²) in [5.41, 5.74) is 0. The molecule has 1 heterocycles. The van der Waals surface area contributed by atoms with E-state index in [1.165, 1.54) is 12.5 Å². The Hall–Kier alpha value is -1.08. The SMILES string of the molecule is CCNc1ncc(Cl)c(NC(C)CS(C)(=O)=O)n1. The van der Waals surface area contributed by atoms with Gasteiger partial charge in [-0.3, -0.25) is 0 Å². The predicted molar refractivity (Wildman–Crippen MR) is 74.0 cm³/mol. The van der Waals surface area contributed by atoms with E-state index in [0.717, 1.165) is 0 Å². The van der Waals surface area contributed by atoms with E-state index in [4.69, 9.17) is 11.6 Å². The highest BCUT2D eigenvalue weighted by Crippen LogP contribution is 2.20. The van der Waals surface area contributed by atoms with Crippen LogP contribution in [0.5, 0.6) is 0 Å². The van der Waals surface area contributed by atoms with Crippen molar-refractivity contribution in [2.75, 3.05) is 29.2 Å². The molecule has 0 aliphatic carbocycles. The van der Waals surface area contributed by atoms with Crippen LogP contribution in [0.1, 0.15) is 13.8 Å². The van der Waals surface area contributed by atoms with Crippen molar-refractivity contribution in [1.82, 2.24) is 9.97 Å². The molecule has 1 aromatic heterocycles. The lowest BCUT2D eigenvalue weighted by Gasteiger charge is -2.15. The second kappa shape index (κ2) is 6.19. The van der Waals surface area contributed by atoms with Crippen molar-refractivity contribution >= 4 is 33.2 Å². The second-order valence-electron chi connectivity index (χ2n) is 4.06. The summed E-state index contributed by atoms with van der Waals surface area (Å²) in [5, 5.41) is 6.28. The van der Waals surface area contributed by atoms with Crippen LogP contribution in [0.2, 0.25) is 5.02 Å². The van der Waals surface area contributed by atoms with Crippen LogP contribution >= 0.6 is 11.6 Å². The van der Waals surface area contributed by atoms with Gasteiger partial charge in [-0.25, -0.2) is 13.4 Å². The van der Waals surface area contributed by atoms with Crippen molar-refractivity contribution < 1.29 is 8.42 Å². The number of sulfone groups is 1. The Kier molecular flexibility index (Phi) is 5.15. The minimum atomic E-state index is -3.04. The van der Waals surface area contributed by atoms with Gasteiger partial charge in [0.2, 0.25) is 5.95 Å². The van der Waals surface area contributed by atoms with Crippen LogP contribution in [0.4, 0.5) is 11.8 Å². The molecule has 0 aliphatic heterocycles. The van der Waals surface area contributed by atoms with Gasteiger partial charge < -0.3 is 10.6 Å². The molecule has 1 atom stereocenters. The molecule has 1 aromatic rings. The molecule has 0 amide bonds. The third-order valence-corrected chi connectivity index (χ3v) is 3.40. The lowest BCUT2D eigenvalue weighted by molar-refractivity contribution is 0.598. The first-order chi connectivity index (χ1) is 8.31. The Bertz CT molecular complexity index is 507. The van der Waals surface area contributed by atoms with Gasteiger partial charge in [0.15, 0.2) is 5.82 Å². The largest absolute Gasteiger partial charge is 0.365 e. The Morgan fingerprint density at radius 3 is 2.72 bits per heavy atom. The maximum absolute atomic E-state index is 11.2. The first-order valence-electron chi connectivity index (χ1n) is 5.52. The molecular formula is C10H17ClN4O2S. The summed E-state index contributed by atoms with van der Waals surface area (Å²) in [6.45, 7) is 4.38. The van der Waals surface area contributed by atoms with Crippen molar-refractivity contribution in [2.24, 2.45) is 0 Å². The molecule has 0 radical (unpaired) electrons. The monoisotopic (exact) mass is 292 g/mol. The number of halogens is 1. The number of aromatic nitrogens is 2. The highest BCUT2D eigenvalue weighted by molar-refractivity contribution is 7.90. The van der Waals surface area contributed by atoms with Gasteiger partial charge in [-0.2, -0.15) is 4.98 Å². The van der Waals surface area contributed by atoms with Crippen molar-refractivity contribution in [2.45, 2.75) is 19.9 Å². The highest BCUT2D eigenvalue weighted by atomic mass is 35.5. The van der Waals surface area contributed by atoms with Crippen LogP contribution in [0.3, 0.4) is 0 Å². The number of anilines is 2. The van der Waals surface area contributed by atoms with Gasteiger partial charge in [-0.05, 0) is 13.8 Å². The first-order valence-corrected chi connectivity index (χ1v) is 7.96. The number of hydrogen-bond acceptors (Lipinski definition) is 6. The van der Waals surface area contributed by atoms with E-state index >= 15 is 0 Å². The molecule has 0 saturated carbocycles. The topological polar surface area (TPSA) is 84.0 Å². The standard InChI is InChI=1S/C10H17ClN4O2S/c1-4-12-10-13-5-8(11)9(15-10)14-7(2)6-18(3,16)17/h5,7H,4,6H2,1-3H3,(H2,12,13,14,15). The average Bonchev–Trinajstić information content (AvgIpc) is 2.20. The molecule has 18 heavy (non-hydrogen) atoms. The van der Waals surface area contributed by atoms with Gasteiger partial charge in [0.05, 0.1) is 11.9 Å². The number of nitrogens with zero attached hydrogens (tertiary/aromatic N) is 2. The average molecular weight is 293 g/mol. The summed E-state index contributed by atoms with van der Waals surface area (Å²) >= 11 is 5.95. The van der Waals surface area contributed by atoms with Gasteiger partial charge >= 0.3 is 0 Å². The quantitative estimate of drug-likeness (QED) is 0.825. The van der Waals surface area contributed by atoms with E-state index in [2.05, 4.69) is 20.6 Å². The maximum Gasteiger partial charge on any atom is 0.224 e. The summed E-state index contributed by atoms with van der Waals surface area (Å²) < 4.78 is 22.3. The third-order valence-electron chi connectivity index (χ3n) is 2.01. The van der Waals surface area contributed by atoms with Crippen LogP contribution in [0, 0.1) is 0 Å². The van der Waals surface area contributed by atoms with E-state index < -0.39 is 9.84 Å². The first kappa shape index (κ1) is 15.0. The van der Waals surface area contributed by atoms with Crippen LogP contribution in [-0.4, -0.2) is 43.0 Å². The van der Waals surface area contributed by atoms with Gasteiger partial charge in [-0.1, -0.05) is 11.6 Å². The predicted octanol–water partition coefficient (Wildman–Crippen LogP) is 1.41. The summed E-state index contributed by atoms with van der Waals surface area (Å²) in [6, 6.07) is -0.276. The van der Waals surface area contributed by atoms with Crippen LogP contribution < -0.4 is 10.6 Å². The summed E-state index contributed by atoms with van der Waals surface area (Å²) in [4.78, 5) is 8.17. The summed E-state index contributed by atoms with van der Waals surface area (Å²) in [6.07, 6.45) is 2.67. The number of rotatable bonds is 6. The Labute approximate surface area is 112 Å². The highest BCUT2D eigenvalue weighted by Gasteiger charge is 2.13.